The summed E-state index contributed by atoms with van der Waals surface area (Å²) in [4.78, 5) is 5.92. The third-order valence-corrected chi connectivity index (χ3v) is 4.71. The van der Waals surface area contributed by atoms with Gasteiger partial charge >= 0.3 is 0 Å². The summed E-state index contributed by atoms with van der Waals surface area (Å²) in [6, 6.07) is 0. The number of rotatable bonds is 0. The van der Waals surface area contributed by atoms with E-state index >= 15 is 0 Å². The fourth-order valence-electron chi connectivity index (χ4n) is 3.03. The van der Waals surface area contributed by atoms with E-state index in [1.807, 2.05) is 0 Å². The Hall–Kier alpha value is 0.160. The van der Waals surface area contributed by atoms with Crippen LogP contribution in [-0.2, 0) is 12.8 Å². The van der Waals surface area contributed by atoms with E-state index in [4.69, 9.17) is 5.73 Å². The SMILES string of the molecule is I.Nc1nc2c(s1)CC1CCCCC1C2. The Morgan fingerprint density at radius 1 is 1.13 bits per heavy atom. The van der Waals surface area contributed by atoms with Crippen LogP contribution in [0.3, 0.4) is 0 Å². The highest BCUT2D eigenvalue weighted by atomic mass is 127. The van der Waals surface area contributed by atoms with Crippen molar-refractivity contribution in [3.63, 3.8) is 0 Å². The van der Waals surface area contributed by atoms with Gasteiger partial charge in [0.05, 0.1) is 5.69 Å². The maximum atomic E-state index is 5.76. The summed E-state index contributed by atoms with van der Waals surface area (Å²) in [5.74, 6) is 1.86. The quantitative estimate of drug-likeness (QED) is 0.739. The van der Waals surface area contributed by atoms with Crippen molar-refractivity contribution in [2.75, 3.05) is 5.73 Å². The summed E-state index contributed by atoms with van der Waals surface area (Å²) >= 11 is 1.71. The monoisotopic (exact) mass is 336 g/mol. The van der Waals surface area contributed by atoms with Crippen LogP contribution in [0.2, 0.25) is 0 Å². The van der Waals surface area contributed by atoms with Crippen molar-refractivity contribution in [3.8, 4) is 0 Å². The van der Waals surface area contributed by atoms with Crippen molar-refractivity contribution >= 4 is 40.4 Å². The standard InChI is InChI=1S/C11H16N2S.HI/c12-11-13-9-5-7-3-1-2-4-8(7)6-10(9)14-11;/h7-8H,1-6H2,(H2,12,13);1H. The molecule has 0 aromatic carbocycles. The van der Waals surface area contributed by atoms with E-state index in [0.29, 0.717) is 0 Å². The van der Waals surface area contributed by atoms with Gasteiger partial charge in [-0.3, -0.25) is 0 Å². The molecule has 0 radical (unpaired) electrons. The average Bonchev–Trinajstić information content (AvgIpc) is 2.53. The molecule has 15 heavy (non-hydrogen) atoms. The van der Waals surface area contributed by atoms with Crippen LogP contribution in [0.5, 0.6) is 0 Å². The molecule has 0 amide bonds. The zero-order valence-corrected chi connectivity index (χ0v) is 11.9. The van der Waals surface area contributed by atoms with Gasteiger partial charge in [0, 0.05) is 4.88 Å². The van der Waals surface area contributed by atoms with E-state index < -0.39 is 0 Å². The predicted octanol–water partition coefficient (Wildman–Crippen LogP) is 3.25. The molecule has 0 bridgehead atoms. The molecule has 2 N–H and O–H groups in total. The third kappa shape index (κ3) is 2.16. The van der Waals surface area contributed by atoms with Gasteiger partial charge in [0.2, 0.25) is 0 Å². The first-order valence-electron chi connectivity index (χ1n) is 5.57. The van der Waals surface area contributed by atoms with E-state index in [1.165, 1.54) is 49.1 Å². The Morgan fingerprint density at radius 2 is 1.80 bits per heavy atom. The molecule has 2 aliphatic rings. The minimum absolute atomic E-state index is 0. The van der Waals surface area contributed by atoms with E-state index in [1.54, 1.807) is 11.3 Å². The first-order valence-corrected chi connectivity index (χ1v) is 6.38. The molecule has 2 nitrogen and oxygen atoms in total. The number of nitrogens with two attached hydrogens (primary N) is 1. The molecule has 84 valence electrons. The zero-order chi connectivity index (χ0) is 9.54. The van der Waals surface area contributed by atoms with Crippen LogP contribution in [0.4, 0.5) is 5.13 Å². The summed E-state index contributed by atoms with van der Waals surface area (Å²) in [7, 11) is 0. The fourth-order valence-corrected chi connectivity index (χ4v) is 3.98. The first-order chi connectivity index (χ1) is 6.83. The summed E-state index contributed by atoms with van der Waals surface area (Å²) in [6.07, 6.45) is 8.17. The van der Waals surface area contributed by atoms with Crippen molar-refractivity contribution in [1.82, 2.24) is 4.98 Å². The Bertz CT molecular complexity index is 319. The third-order valence-electron chi connectivity index (χ3n) is 3.76. The van der Waals surface area contributed by atoms with E-state index in [0.717, 1.165) is 17.0 Å². The van der Waals surface area contributed by atoms with Gasteiger partial charge in [0.1, 0.15) is 0 Å². The highest BCUT2D eigenvalue weighted by molar-refractivity contribution is 14.0. The first kappa shape index (κ1) is 11.6. The van der Waals surface area contributed by atoms with Gasteiger partial charge in [-0.25, -0.2) is 4.98 Å². The highest BCUT2D eigenvalue weighted by Crippen LogP contribution is 2.41. The molecule has 1 saturated carbocycles. The molecule has 1 fully saturated rings. The van der Waals surface area contributed by atoms with Gasteiger partial charge in [0.25, 0.3) is 0 Å². The summed E-state index contributed by atoms with van der Waals surface area (Å²) in [6.45, 7) is 0. The molecule has 2 aliphatic carbocycles. The van der Waals surface area contributed by atoms with Crippen LogP contribution in [0.15, 0.2) is 0 Å². The number of anilines is 1. The summed E-state index contributed by atoms with van der Waals surface area (Å²) in [5, 5.41) is 0.772. The molecule has 1 heterocycles. The number of hydrogen-bond donors (Lipinski definition) is 1. The number of aromatic nitrogens is 1. The second-order valence-corrected chi connectivity index (χ2v) is 5.75. The Balaban J connectivity index is 0.000000853. The van der Waals surface area contributed by atoms with E-state index in [2.05, 4.69) is 4.98 Å². The topological polar surface area (TPSA) is 38.9 Å². The molecule has 0 aliphatic heterocycles. The number of nitrogen functional groups attached to an aromatic ring is 1. The van der Waals surface area contributed by atoms with Gasteiger partial charge in [-0.2, -0.15) is 0 Å². The van der Waals surface area contributed by atoms with Crippen LogP contribution in [0, 0.1) is 11.8 Å². The molecule has 3 rings (SSSR count). The van der Waals surface area contributed by atoms with Crippen molar-refractivity contribution < 1.29 is 0 Å². The van der Waals surface area contributed by atoms with Gasteiger partial charge in [0.15, 0.2) is 5.13 Å². The molecule has 0 spiro atoms. The van der Waals surface area contributed by atoms with Crippen molar-refractivity contribution in [2.45, 2.75) is 38.5 Å². The lowest BCUT2D eigenvalue weighted by Gasteiger charge is -2.34. The van der Waals surface area contributed by atoms with Gasteiger partial charge in [-0.15, -0.1) is 35.3 Å². The number of halogens is 1. The summed E-state index contributed by atoms with van der Waals surface area (Å²) in [5.41, 5.74) is 7.07. The molecule has 2 atom stereocenters. The molecule has 0 saturated heterocycles. The van der Waals surface area contributed by atoms with Gasteiger partial charge in [-0.1, -0.05) is 12.8 Å². The number of thiazole rings is 1. The lowest BCUT2D eigenvalue weighted by molar-refractivity contribution is 0.221. The van der Waals surface area contributed by atoms with Crippen molar-refractivity contribution in [3.05, 3.63) is 10.6 Å². The Kier molecular flexibility index (Phi) is 3.55. The van der Waals surface area contributed by atoms with Crippen LogP contribution < -0.4 is 5.73 Å². The summed E-state index contributed by atoms with van der Waals surface area (Å²) < 4.78 is 0. The maximum absolute atomic E-state index is 5.76. The molecule has 4 heteroatoms. The number of fused-ring (bicyclic) bond motifs is 2. The molecule has 2 unspecified atom stereocenters. The largest absolute Gasteiger partial charge is 0.375 e. The van der Waals surface area contributed by atoms with E-state index in [-0.39, 0.29) is 24.0 Å². The zero-order valence-electron chi connectivity index (χ0n) is 8.74. The van der Waals surface area contributed by atoms with Crippen LogP contribution in [0.25, 0.3) is 0 Å². The molecular weight excluding hydrogens is 319 g/mol. The van der Waals surface area contributed by atoms with E-state index in [9.17, 15) is 0 Å². The van der Waals surface area contributed by atoms with Crippen LogP contribution in [0.1, 0.15) is 36.3 Å². The molecule has 1 aromatic rings. The predicted molar refractivity (Wildman–Crippen MR) is 74.8 cm³/mol. The van der Waals surface area contributed by atoms with Crippen LogP contribution in [-0.4, -0.2) is 4.98 Å². The smallest absolute Gasteiger partial charge is 0.180 e. The normalized spacial score (nSPS) is 28.8. The molecular formula is C11H17IN2S. The van der Waals surface area contributed by atoms with Crippen molar-refractivity contribution in [2.24, 2.45) is 11.8 Å². The second kappa shape index (κ2) is 4.57. The van der Waals surface area contributed by atoms with Gasteiger partial charge in [-0.05, 0) is 37.5 Å². The lowest BCUT2D eigenvalue weighted by Crippen LogP contribution is -2.27. The Labute approximate surface area is 112 Å². The number of nitrogens with zero attached hydrogens (tertiary/aromatic N) is 1. The Morgan fingerprint density at radius 3 is 2.53 bits per heavy atom. The minimum Gasteiger partial charge on any atom is -0.375 e. The van der Waals surface area contributed by atoms with Crippen LogP contribution >= 0.6 is 35.3 Å². The number of hydrogen-bond acceptors (Lipinski definition) is 3. The average molecular weight is 336 g/mol. The fraction of sp³-hybridized carbons (Fsp3) is 0.727. The minimum atomic E-state index is 0. The lowest BCUT2D eigenvalue weighted by atomic mass is 9.72. The van der Waals surface area contributed by atoms with Crippen molar-refractivity contribution in [1.29, 1.82) is 0 Å². The highest BCUT2D eigenvalue weighted by Gasteiger charge is 2.32. The second-order valence-electron chi connectivity index (χ2n) is 4.63. The maximum Gasteiger partial charge on any atom is 0.180 e. The molecule has 1 aromatic heterocycles. The van der Waals surface area contributed by atoms with Gasteiger partial charge < -0.3 is 5.73 Å².